The van der Waals surface area contributed by atoms with Crippen LogP contribution in [0.2, 0.25) is 0 Å². The van der Waals surface area contributed by atoms with Gasteiger partial charge >= 0.3 is 0 Å². The number of likely N-dealkylation sites (tertiary alicyclic amines) is 1. The van der Waals surface area contributed by atoms with Gasteiger partial charge in [-0.05, 0) is 82.4 Å². The molecular formula is C27H34N6O2. The third-order valence-corrected chi connectivity index (χ3v) is 5.12. The van der Waals surface area contributed by atoms with E-state index in [1.165, 1.54) is 44.8 Å². The summed E-state index contributed by atoms with van der Waals surface area (Å²) in [5, 5.41) is 7.84. The van der Waals surface area contributed by atoms with Crippen molar-refractivity contribution < 1.29 is 9.53 Å². The van der Waals surface area contributed by atoms with Gasteiger partial charge in [0.1, 0.15) is 29.9 Å². The molecule has 0 atom stereocenters. The molecule has 0 bridgehead atoms. The van der Waals surface area contributed by atoms with Gasteiger partial charge in [-0.3, -0.25) is 9.89 Å². The lowest BCUT2D eigenvalue weighted by atomic mass is 10.1. The maximum atomic E-state index is 9.06. The number of carbonyl (C=O) groups excluding carboxylic acids is 1. The van der Waals surface area contributed by atoms with E-state index in [0.29, 0.717) is 23.1 Å². The van der Waals surface area contributed by atoms with Crippen LogP contribution in [0, 0.1) is 0 Å². The van der Waals surface area contributed by atoms with Crippen LogP contribution in [0.25, 0.3) is 22.3 Å². The first-order valence-corrected chi connectivity index (χ1v) is 11.5. The van der Waals surface area contributed by atoms with E-state index in [1.54, 1.807) is 6.08 Å². The average molecular weight is 475 g/mol. The molecule has 0 unspecified atom stereocenters. The largest absolute Gasteiger partial charge is 0.458 e. The van der Waals surface area contributed by atoms with E-state index in [-0.39, 0.29) is 0 Å². The van der Waals surface area contributed by atoms with E-state index in [0.717, 1.165) is 22.8 Å². The summed E-state index contributed by atoms with van der Waals surface area (Å²) in [6.07, 6.45) is 14.8. The van der Waals surface area contributed by atoms with Crippen LogP contribution in [0.5, 0.6) is 5.75 Å². The van der Waals surface area contributed by atoms with E-state index < -0.39 is 0 Å². The molecule has 3 heterocycles. The second-order valence-electron chi connectivity index (χ2n) is 7.70. The molecule has 0 spiro atoms. The maximum absolute atomic E-state index is 9.06. The number of piperidine rings is 1. The molecular weight excluding hydrogens is 440 g/mol. The van der Waals surface area contributed by atoms with Crippen molar-refractivity contribution in [3.63, 3.8) is 0 Å². The Morgan fingerprint density at radius 2 is 1.80 bits per heavy atom. The Bertz CT molecular complexity index is 1140. The Morgan fingerprint density at radius 3 is 2.34 bits per heavy atom. The Labute approximate surface area is 206 Å². The van der Waals surface area contributed by atoms with Crippen LogP contribution in [0.15, 0.2) is 79.9 Å². The second-order valence-corrected chi connectivity index (χ2v) is 7.70. The number of hydrogen-bond donors (Lipinski definition) is 2. The van der Waals surface area contributed by atoms with E-state index in [2.05, 4.69) is 45.3 Å². The molecule has 4 rings (SSSR count). The highest BCUT2D eigenvalue weighted by Gasteiger charge is 2.12. The van der Waals surface area contributed by atoms with Gasteiger partial charge in [-0.15, -0.1) is 0 Å². The number of aromatic amines is 1. The quantitative estimate of drug-likeness (QED) is 0.221. The molecule has 184 valence electrons. The standard InChI is InChI=1S/C18H17N5O.C6H13N.C3H4O/c1-3-5-6-13(4-2)24-14-9-7-12(8-10-14)16-15-17(19)20-11-21-18(15)23-22-16;1-7-5-3-2-4-6-7;1-2-3-4/h3-11H,1H2,2H3,(H3,19,20,21,22,23);2-6H2,1H3;2-3H,1H2/b6-5-,13-4+;;. The van der Waals surface area contributed by atoms with Gasteiger partial charge < -0.3 is 15.4 Å². The lowest BCUT2D eigenvalue weighted by Crippen LogP contribution is -2.24. The van der Waals surface area contributed by atoms with Gasteiger partial charge in [0.2, 0.25) is 0 Å². The fourth-order valence-corrected chi connectivity index (χ4v) is 3.32. The minimum atomic E-state index is 0.398. The van der Waals surface area contributed by atoms with Crippen LogP contribution in [0.4, 0.5) is 5.82 Å². The van der Waals surface area contributed by atoms with Crippen molar-refractivity contribution >= 4 is 23.1 Å². The number of aromatic nitrogens is 4. The fraction of sp³-hybridized carbons (Fsp3) is 0.259. The lowest BCUT2D eigenvalue weighted by Gasteiger charge is -2.20. The first kappa shape index (κ1) is 27.2. The Balaban J connectivity index is 0.000000325. The summed E-state index contributed by atoms with van der Waals surface area (Å²) < 4.78 is 5.80. The molecule has 0 amide bonds. The van der Waals surface area contributed by atoms with Crippen LogP contribution < -0.4 is 10.5 Å². The van der Waals surface area contributed by atoms with E-state index in [1.807, 2.05) is 49.4 Å². The highest BCUT2D eigenvalue weighted by atomic mass is 16.5. The molecule has 1 aromatic carbocycles. The summed E-state index contributed by atoms with van der Waals surface area (Å²) in [6.45, 7) is 11.3. The van der Waals surface area contributed by atoms with Crippen molar-refractivity contribution in [2.75, 3.05) is 25.9 Å². The van der Waals surface area contributed by atoms with Crippen molar-refractivity contribution in [3.05, 3.63) is 79.9 Å². The van der Waals surface area contributed by atoms with E-state index in [4.69, 9.17) is 15.3 Å². The number of fused-ring (bicyclic) bond motifs is 1. The van der Waals surface area contributed by atoms with Gasteiger partial charge in [0.25, 0.3) is 0 Å². The normalized spacial score (nSPS) is 13.8. The molecule has 0 aliphatic carbocycles. The summed E-state index contributed by atoms with van der Waals surface area (Å²) in [5.41, 5.74) is 8.20. The Hall–Kier alpha value is -4.04. The lowest BCUT2D eigenvalue weighted by molar-refractivity contribution is -0.104. The zero-order valence-electron chi connectivity index (χ0n) is 20.5. The number of nitrogen functional groups attached to an aromatic ring is 1. The Morgan fingerprint density at radius 1 is 1.11 bits per heavy atom. The van der Waals surface area contributed by atoms with Gasteiger partial charge in [-0.1, -0.05) is 31.7 Å². The molecule has 3 aromatic rings. The molecule has 1 aliphatic heterocycles. The van der Waals surface area contributed by atoms with Crippen LogP contribution in [-0.4, -0.2) is 51.5 Å². The molecule has 3 N–H and O–H groups in total. The van der Waals surface area contributed by atoms with Crippen LogP contribution in [-0.2, 0) is 4.79 Å². The Kier molecular flexibility index (Phi) is 11.6. The van der Waals surface area contributed by atoms with Crippen molar-refractivity contribution in [2.45, 2.75) is 26.2 Å². The number of nitrogens with two attached hydrogens (primary N) is 1. The molecule has 1 fully saturated rings. The third-order valence-electron chi connectivity index (χ3n) is 5.12. The van der Waals surface area contributed by atoms with Crippen molar-refractivity contribution in [3.8, 4) is 17.0 Å². The minimum absolute atomic E-state index is 0.398. The first-order chi connectivity index (χ1) is 17.0. The SMILES string of the molecule is C=C/C=C\C(=C/C)Oc1ccc(-c2[nH]nc3ncnc(N)c23)cc1.C=CC=O.CN1CCCCC1. The van der Waals surface area contributed by atoms with Crippen LogP contribution in [0.1, 0.15) is 26.2 Å². The highest BCUT2D eigenvalue weighted by Crippen LogP contribution is 2.29. The third kappa shape index (κ3) is 8.68. The fourth-order valence-electron chi connectivity index (χ4n) is 3.32. The zero-order valence-corrected chi connectivity index (χ0v) is 20.5. The number of allylic oxidation sites excluding steroid dienone is 5. The molecule has 1 saturated heterocycles. The van der Waals surface area contributed by atoms with E-state index in [9.17, 15) is 0 Å². The number of rotatable bonds is 6. The molecule has 8 nitrogen and oxygen atoms in total. The smallest absolute Gasteiger partial charge is 0.186 e. The number of H-pyrrole nitrogens is 1. The number of nitrogens with one attached hydrogen (secondary N) is 1. The summed E-state index contributed by atoms with van der Waals surface area (Å²) in [6, 6.07) is 7.62. The van der Waals surface area contributed by atoms with Gasteiger partial charge in [0.15, 0.2) is 5.65 Å². The summed E-state index contributed by atoms with van der Waals surface area (Å²) in [4.78, 5) is 19.6. The molecule has 0 radical (unpaired) electrons. The van der Waals surface area contributed by atoms with Crippen molar-refractivity contribution in [2.24, 2.45) is 0 Å². The maximum Gasteiger partial charge on any atom is 0.186 e. The summed E-state index contributed by atoms with van der Waals surface area (Å²) in [7, 11) is 2.19. The number of anilines is 1. The molecule has 1 aliphatic rings. The molecule has 8 heteroatoms. The average Bonchev–Trinajstić information content (AvgIpc) is 3.33. The molecule has 0 saturated carbocycles. The molecule has 2 aromatic heterocycles. The first-order valence-electron chi connectivity index (χ1n) is 11.5. The summed E-state index contributed by atoms with van der Waals surface area (Å²) >= 11 is 0. The van der Waals surface area contributed by atoms with Crippen LogP contribution >= 0.6 is 0 Å². The highest BCUT2D eigenvalue weighted by molar-refractivity contribution is 5.97. The predicted molar refractivity (Wildman–Crippen MR) is 143 cm³/mol. The number of nitrogens with zero attached hydrogens (tertiary/aromatic N) is 4. The number of ether oxygens (including phenoxy) is 1. The summed E-state index contributed by atoms with van der Waals surface area (Å²) in [5.74, 6) is 1.87. The van der Waals surface area contributed by atoms with Gasteiger partial charge in [-0.2, -0.15) is 5.10 Å². The number of benzene rings is 1. The monoisotopic (exact) mass is 474 g/mol. The van der Waals surface area contributed by atoms with Crippen LogP contribution in [0.3, 0.4) is 0 Å². The predicted octanol–water partition coefficient (Wildman–Crippen LogP) is 5.10. The number of hydrogen-bond acceptors (Lipinski definition) is 7. The number of carbonyl (C=O) groups is 1. The van der Waals surface area contributed by atoms with Gasteiger partial charge in [0, 0.05) is 5.56 Å². The second kappa shape index (κ2) is 15.0. The topological polar surface area (TPSA) is 110 Å². The number of aldehydes is 1. The van der Waals surface area contributed by atoms with Crippen molar-refractivity contribution in [1.29, 1.82) is 0 Å². The van der Waals surface area contributed by atoms with Crippen molar-refractivity contribution in [1.82, 2.24) is 25.1 Å². The minimum Gasteiger partial charge on any atom is -0.458 e. The molecule has 35 heavy (non-hydrogen) atoms. The van der Waals surface area contributed by atoms with E-state index >= 15 is 0 Å². The van der Waals surface area contributed by atoms with Gasteiger partial charge in [-0.25, -0.2) is 9.97 Å². The van der Waals surface area contributed by atoms with Gasteiger partial charge in [0.05, 0.1) is 11.1 Å². The zero-order chi connectivity index (χ0) is 25.5.